The van der Waals surface area contributed by atoms with Gasteiger partial charge in [0.15, 0.2) is 0 Å². The van der Waals surface area contributed by atoms with Crippen LogP contribution < -0.4 is 10.6 Å². The molecule has 2 aliphatic rings. The number of nitrogens with zero attached hydrogens (tertiary/aromatic N) is 1. The summed E-state index contributed by atoms with van der Waals surface area (Å²) in [5.74, 6) is 0.313. The molecule has 0 aliphatic carbocycles. The third-order valence-electron chi connectivity index (χ3n) is 5.89. The van der Waals surface area contributed by atoms with Gasteiger partial charge in [0.05, 0.1) is 16.3 Å². The summed E-state index contributed by atoms with van der Waals surface area (Å²) in [5, 5.41) is 5.69. The highest BCUT2D eigenvalue weighted by Crippen LogP contribution is 2.34. The first-order valence-electron chi connectivity index (χ1n) is 10.7. The monoisotopic (exact) mass is 473 g/mol. The molecule has 0 unspecified atom stereocenters. The van der Waals surface area contributed by atoms with Gasteiger partial charge in [0.25, 0.3) is 0 Å². The lowest BCUT2D eigenvalue weighted by atomic mass is 9.97. The van der Waals surface area contributed by atoms with Gasteiger partial charge in [-0.15, -0.1) is 11.8 Å². The standard InChI is InChI=1S/C23H27N3O4S2/c1-15(2)16-3-5-18(6-4-16)24-23(28)17-9-11-26(12-10-17)32(29,30)19-7-8-21-20(13-19)25-22(27)14-31-21/h3-8,13,15,17H,9-12,14H2,1-2H3,(H,24,28)(H,25,27). The Balaban J connectivity index is 1.38. The molecule has 7 nitrogen and oxygen atoms in total. The Morgan fingerprint density at radius 1 is 1.12 bits per heavy atom. The molecule has 2 N–H and O–H groups in total. The Labute approximate surface area is 193 Å². The van der Waals surface area contributed by atoms with Crippen LogP contribution in [0.5, 0.6) is 0 Å². The largest absolute Gasteiger partial charge is 0.326 e. The third kappa shape index (κ3) is 4.84. The van der Waals surface area contributed by atoms with Crippen molar-refractivity contribution in [3.63, 3.8) is 0 Å². The van der Waals surface area contributed by atoms with Gasteiger partial charge in [0, 0.05) is 29.6 Å². The van der Waals surface area contributed by atoms with Gasteiger partial charge in [-0.1, -0.05) is 26.0 Å². The summed E-state index contributed by atoms with van der Waals surface area (Å²) < 4.78 is 27.7. The van der Waals surface area contributed by atoms with Crippen molar-refractivity contribution >= 4 is 45.0 Å². The maximum atomic E-state index is 13.1. The first-order chi connectivity index (χ1) is 15.2. The SMILES string of the molecule is CC(C)c1ccc(NC(=O)C2CCN(S(=O)(=O)c3ccc4c(c3)NC(=O)CS4)CC2)cc1. The summed E-state index contributed by atoms with van der Waals surface area (Å²) >= 11 is 1.39. The van der Waals surface area contributed by atoms with E-state index in [0.29, 0.717) is 30.2 Å². The number of fused-ring (bicyclic) bond motifs is 1. The summed E-state index contributed by atoms with van der Waals surface area (Å²) in [6, 6.07) is 12.7. The average Bonchev–Trinajstić information content (AvgIpc) is 2.79. The van der Waals surface area contributed by atoms with Gasteiger partial charge in [-0.25, -0.2) is 8.42 Å². The number of benzene rings is 2. The zero-order valence-corrected chi connectivity index (χ0v) is 19.8. The second-order valence-electron chi connectivity index (χ2n) is 8.44. The molecule has 9 heteroatoms. The van der Waals surface area contributed by atoms with Crippen LogP contribution in [0.25, 0.3) is 0 Å². The number of rotatable bonds is 5. The number of anilines is 2. The van der Waals surface area contributed by atoms with E-state index in [0.717, 1.165) is 10.6 Å². The minimum absolute atomic E-state index is 0.0761. The molecule has 0 atom stereocenters. The number of nitrogens with one attached hydrogen (secondary N) is 2. The van der Waals surface area contributed by atoms with Crippen molar-refractivity contribution in [1.29, 1.82) is 0 Å². The summed E-state index contributed by atoms with van der Waals surface area (Å²) in [5.41, 5.74) is 2.50. The molecular formula is C23H27N3O4S2. The van der Waals surface area contributed by atoms with E-state index in [1.54, 1.807) is 12.1 Å². The lowest BCUT2D eigenvalue weighted by molar-refractivity contribution is -0.121. The molecule has 0 bridgehead atoms. The van der Waals surface area contributed by atoms with Crippen LogP contribution in [-0.2, 0) is 19.6 Å². The molecule has 0 aromatic heterocycles. The first kappa shape index (κ1) is 22.8. The second-order valence-corrected chi connectivity index (χ2v) is 11.4. The molecule has 2 aromatic carbocycles. The maximum Gasteiger partial charge on any atom is 0.243 e. The highest BCUT2D eigenvalue weighted by Gasteiger charge is 2.33. The van der Waals surface area contributed by atoms with Crippen LogP contribution >= 0.6 is 11.8 Å². The molecule has 32 heavy (non-hydrogen) atoms. The van der Waals surface area contributed by atoms with Gasteiger partial charge in [0.1, 0.15) is 0 Å². The molecule has 4 rings (SSSR count). The highest BCUT2D eigenvalue weighted by atomic mass is 32.2. The maximum absolute atomic E-state index is 13.1. The van der Waals surface area contributed by atoms with Crippen LogP contribution in [0, 0.1) is 5.92 Å². The molecule has 0 saturated carbocycles. The number of piperidine rings is 1. The van der Waals surface area contributed by atoms with Crippen LogP contribution in [0.15, 0.2) is 52.3 Å². The minimum atomic E-state index is -3.69. The van der Waals surface area contributed by atoms with Crippen molar-refractivity contribution in [2.45, 2.75) is 42.4 Å². The predicted octanol–water partition coefficient (Wildman–Crippen LogP) is 3.89. The Hall–Kier alpha value is -2.36. The fraction of sp³-hybridized carbons (Fsp3) is 0.391. The van der Waals surface area contributed by atoms with Crippen LogP contribution in [-0.4, -0.2) is 43.4 Å². The molecule has 1 fully saturated rings. The fourth-order valence-electron chi connectivity index (χ4n) is 3.93. The van der Waals surface area contributed by atoms with E-state index in [1.807, 2.05) is 24.3 Å². The quantitative estimate of drug-likeness (QED) is 0.687. The molecule has 2 aliphatic heterocycles. The van der Waals surface area contributed by atoms with E-state index in [9.17, 15) is 18.0 Å². The summed E-state index contributed by atoms with van der Waals surface area (Å²) in [6.45, 7) is 4.80. The van der Waals surface area contributed by atoms with E-state index < -0.39 is 10.0 Å². The third-order valence-corrected chi connectivity index (χ3v) is 8.86. The van der Waals surface area contributed by atoms with E-state index in [4.69, 9.17) is 0 Å². The van der Waals surface area contributed by atoms with Crippen molar-refractivity contribution in [1.82, 2.24) is 4.31 Å². The molecule has 2 amide bonds. The number of amides is 2. The molecule has 2 aromatic rings. The zero-order chi connectivity index (χ0) is 22.9. The zero-order valence-electron chi connectivity index (χ0n) is 18.1. The lowest BCUT2D eigenvalue weighted by Gasteiger charge is -2.31. The fourth-order valence-corrected chi connectivity index (χ4v) is 6.21. The van der Waals surface area contributed by atoms with Gasteiger partial charge in [-0.2, -0.15) is 4.31 Å². The normalized spacial score (nSPS) is 17.7. The van der Waals surface area contributed by atoms with Crippen LogP contribution in [0.2, 0.25) is 0 Å². The number of carbonyl (C=O) groups is 2. The molecule has 1 saturated heterocycles. The smallest absolute Gasteiger partial charge is 0.243 e. The van der Waals surface area contributed by atoms with Crippen LogP contribution in [0.1, 0.15) is 38.2 Å². The number of hydrogen-bond donors (Lipinski definition) is 2. The Morgan fingerprint density at radius 3 is 2.47 bits per heavy atom. The van der Waals surface area contributed by atoms with Gasteiger partial charge in [-0.3, -0.25) is 9.59 Å². The molecule has 0 spiro atoms. The minimum Gasteiger partial charge on any atom is -0.326 e. The highest BCUT2D eigenvalue weighted by molar-refractivity contribution is 8.00. The Bertz CT molecular complexity index is 1120. The van der Waals surface area contributed by atoms with Crippen molar-refractivity contribution in [3.8, 4) is 0 Å². The topological polar surface area (TPSA) is 95.6 Å². The second kappa shape index (κ2) is 9.25. The Kier molecular flexibility index (Phi) is 6.60. The van der Waals surface area contributed by atoms with E-state index >= 15 is 0 Å². The first-order valence-corrected chi connectivity index (χ1v) is 13.1. The van der Waals surface area contributed by atoms with Crippen molar-refractivity contribution < 1.29 is 18.0 Å². The van der Waals surface area contributed by atoms with Crippen molar-refractivity contribution in [2.24, 2.45) is 5.92 Å². The van der Waals surface area contributed by atoms with Crippen molar-refractivity contribution in [3.05, 3.63) is 48.0 Å². The van der Waals surface area contributed by atoms with E-state index in [1.165, 1.54) is 27.7 Å². The number of sulfonamides is 1. The number of thioether (sulfide) groups is 1. The van der Waals surface area contributed by atoms with Gasteiger partial charge < -0.3 is 10.6 Å². The number of hydrogen-bond acceptors (Lipinski definition) is 5. The molecule has 170 valence electrons. The van der Waals surface area contributed by atoms with Crippen LogP contribution in [0.4, 0.5) is 11.4 Å². The predicted molar refractivity (Wildman–Crippen MR) is 126 cm³/mol. The van der Waals surface area contributed by atoms with Gasteiger partial charge >= 0.3 is 0 Å². The van der Waals surface area contributed by atoms with Gasteiger partial charge in [0.2, 0.25) is 21.8 Å². The number of carbonyl (C=O) groups excluding carboxylic acids is 2. The summed E-state index contributed by atoms with van der Waals surface area (Å²) in [6.07, 6.45) is 0.930. The van der Waals surface area contributed by atoms with E-state index in [2.05, 4.69) is 24.5 Å². The molecule has 0 radical (unpaired) electrons. The van der Waals surface area contributed by atoms with Crippen molar-refractivity contribution in [2.75, 3.05) is 29.5 Å². The molecule has 2 heterocycles. The van der Waals surface area contributed by atoms with Crippen LogP contribution in [0.3, 0.4) is 0 Å². The Morgan fingerprint density at radius 2 is 1.81 bits per heavy atom. The summed E-state index contributed by atoms with van der Waals surface area (Å²) in [7, 11) is -3.69. The summed E-state index contributed by atoms with van der Waals surface area (Å²) in [4.78, 5) is 25.3. The average molecular weight is 474 g/mol. The van der Waals surface area contributed by atoms with E-state index in [-0.39, 0.29) is 35.7 Å². The lowest BCUT2D eigenvalue weighted by Crippen LogP contribution is -2.41. The van der Waals surface area contributed by atoms with Gasteiger partial charge in [-0.05, 0) is 54.7 Å². The molecular weight excluding hydrogens is 446 g/mol.